The van der Waals surface area contributed by atoms with Crippen LogP contribution in [-0.2, 0) is 0 Å². The van der Waals surface area contributed by atoms with Crippen LogP contribution in [0.5, 0.6) is 11.5 Å². The van der Waals surface area contributed by atoms with Gasteiger partial charge in [-0.25, -0.2) is 4.79 Å². The van der Waals surface area contributed by atoms with E-state index in [9.17, 15) is 4.79 Å². The quantitative estimate of drug-likeness (QED) is 0.843. The van der Waals surface area contributed by atoms with Crippen LogP contribution in [-0.4, -0.2) is 42.9 Å². The van der Waals surface area contributed by atoms with Gasteiger partial charge in [0, 0.05) is 24.6 Å². The van der Waals surface area contributed by atoms with Crippen molar-refractivity contribution in [3.63, 3.8) is 0 Å². The highest BCUT2D eigenvalue weighted by molar-refractivity contribution is 5.66. The number of methoxy groups -OCH3 is 1. The molecule has 2 heterocycles. The van der Waals surface area contributed by atoms with Gasteiger partial charge < -0.3 is 19.5 Å². The Morgan fingerprint density at radius 3 is 3.05 bits per heavy atom. The summed E-state index contributed by atoms with van der Waals surface area (Å²) in [6.45, 7) is 1.74. The van der Waals surface area contributed by atoms with Crippen molar-refractivity contribution in [2.75, 3.05) is 26.8 Å². The van der Waals surface area contributed by atoms with Gasteiger partial charge in [-0.2, -0.15) is 0 Å². The molecule has 0 spiro atoms. The number of rotatable bonds is 1. The van der Waals surface area contributed by atoms with Gasteiger partial charge in [0.15, 0.2) is 0 Å². The van der Waals surface area contributed by atoms with Gasteiger partial charge in [-0.15, -0.1) is 0 Å². The summed E-state index contributed by atoms with van der Waals surface area (Å²) in [6, 6.07) is 5.75. The normalized spacial score (nSPS) is 25.0. The first-order chi connectivity index (χ1) is 9.20. The summed E-state index contributed by atoms with van der Waals surface area (Å²) in [5, 5.41) is 9.17. The number of hydrogen-bond donors (Lipinski definition) is 1. The molecule has 2 aliphatic heterocycles. The van der Waals surface area contributed by atoms with Crippen LogP contribution >= 0.6 is 0 Å². The zero-order chi connectivity index (χ0) is 13.4. The Balaban J connectivity index is 2.02. The van der Waals surface area contributed by atoms with Crippen molar-refractivity contribution < 1.29 is 19.4 Å². The van der Waals surface area contributed by atoms with E-state index < -0.39 is 6.09 Å². The number of fused-ring (bicyclic) bond motifs is 3. The smallest absolute Gasteiger partial charge is 0.407 e. The molecule has 0 aromatic heterocycles. The minimum absolute atomic E-state index is 0.171. The second kappa shape index (κ2) is 4.64. The van der Waals surface area contributed by atoms with E-state index in [2.05, 4.69) is 0 Å². The van der Waals surface area contributed by atoms with Crippen molar-refractivity contribution in [2.45, 2.75) is 12.3 Å². The average molecular weight is 263 g/mol. The van der Waals surface area contributed by atoms with Crippen LogP contribution in [0.3, 0.4) is 0 Å². The molecule has 1 aromatic carbocycles. The fraction of sp³-hybridized carbons (Fsp3) is 0.500. The molecule has 1 amide bonds. The van der Waals surface area contributed by atoms with Crippen LogP contribution in [0.2, 0.25) is 0 Å². The Bertz CT molecular complexity index is 502. The molecule has 3 rings (SSSR count). The Kier molecular flexibility index (Phi) is 2.97. The Morgan fingerprint density at radius 2 is 2.32 bits per heavy atom. The van der Waals surface area contributed by atoms with Crippen LogP contribution in [0.4, 0.5) is 4.79 Å². The summed E-state index contributed by atoms with van der Waals surface area (Å²) >= 11 is 0. The molecule has 2 aliphatic rings. The van der Waals surface area contributed by atoms with Gasteiger partial charge >= 0.3 is 6.09 Å². The molecule has 1 aromatic rings. The third-order valence-corrected chi connectivity index (χ3v) is 4.07. The number of likely N-dealkylation sites (tertiary alicyclic amines) is 1. The summed E-state index contributed by atoms with van der Waals surface area (Å²) in [6.07, 6.45) is 0.0390. The van der Waals surface area contributed by atoms with Gasteiger partial charge in [-0.3, -0.25) is 0 Å². The minimum Gasteiger partial charge on any atom is -0.496 e. The molecule has 2 unspecified atom stereocenters. The van der Waals surface area contributed by atoms with Crippen molar-refractivity contribution in [2.24, 2.45) is 5.92 Å². The first-order valence-corrected chi connectivity index (χ1v) is 6.48. The summed E-state index contributed by atoms with van der Waals surface area (Å²) in [5.41, 5.74) is 1.02. The number of benzene rings is 1. The van der Waals surface area contributed by atoms with E-state index in [0.29, 0.717) is 25.6 Å². The van der Waals surface area contributed by atoms with E-state index in [-0.39, 0.29) is 5.92 Å². The minimum atomic E-state index is -0.842. The number of nitrogens with zero attached hydrogens (tertiary/aromatic N) is 1. The van der Waals surface area contributed by atoms with Crippen molar-refractivity contribution in [3.8, 4) is 11.5 Å². The highest BCUT2D eigenvalue weighted by Crippen LogP contribution is 2.45. The number of carbonyl (C=O) groups is 1. The fourth-order valence-electron chi connectivity index (χ4n) is 3.16. The average Bonchev–Trinajstić information content (AvgIpc) is 2.75. The largest absolute Gasteiger partial charge is 0.496 e. The SMILES string of the molecule is COc1cccc2c1C1CN(C(=O)O)CC1CCO2. The lowest BCUT2D eigenvalue weighted by molar-refractivity contribution is 0.152. The van der Waals surface area contributed by atoms with E-state index >= 15 is 0 Å². The maximum absolute atomic E-state index is 11.2. The van der Waals surface area contributed by atoms with Crippen LogP contribution in [0, 0.1) is 5.92 Å². The molecular formula is C14H17NO4. The fourth-order valence-corrected chi connectivity index (χ4v) is 3.16. The lowest BCUT2D eigenvalue weighted by Crippen LogP contribution is -2.27. The van der Waals surface area contributed by atoms with Crippen molar-refractivity contribution >= 4 is 6.09 Å². The summed E-state index contributed by atoms with van der Waals surface area (Å²) in [5.74, 6) is 2.11. The van der Waals surface area contributed by atoms with Crippen LogP contribution in [0.1, 0.15) is 17.9 Å². The second-order valence-corrected chi connectivity index (χ2v) is 5.06. The maximum Gasteiger partial charge on any atom is 0.407 e. The Labute approximate surface area is 111 Å². The highest BCUT2D eigenvalue weighted by Gasteiger charge is 2.40. The predicted octanol–water partition coefficient (Wildman–Crippen LogP) is 2.17. The van der Waals surface area contributed by atoms with Gasteiger partial charge in [0.2, 0.25) is 0 Å². The molecule has 1 fully saturated rings. The van der Waals surface area contributed by atoms with Crippen molar-refractivity contribution in [3.05, 3.63) is 23.8 Å². The molecule has 19 heavy (non-hydrogen) atoms. The number of hydrogen-bond acceptors (Lipinski definition) is 3. The molecule has 0 saturated carbocycles. The van der Waals surface area contributed by atoms with Gasteiger partial charge in [-0.05, 0) is 24.5 Å². The third-order valence-electron chi connectivity index (χ3n) is 4.07. The van der Waals surface area contributed by atoms with Gasteiger partial charge in [-0.1, -0.05) is 6.07 Å². The molecule has 1 N–H and O–H groups in total. The number of amides is 1. The zero-order valence-corrected chi connectivity index (χ0v) is 10.8. The van der Waals surface area contributed by atoms with E-state index in [1.54, 1.807) is 7.11 Å². The molecule has 1 saturated heterocycles. The van der Waals surface area contributed by atoms with Crippen molar-refractivity contribution in [1.29, 1.82) is 0 Å². The lowest BCUT2D eigenvalue weighted by Gasteiger charge is -2.18. The Hall–Kier alpha value is -1.91. The molecular weight excluding hydrogens is 246 g/mol. The van der Waals surface area contributed by atoms with E-state index in [4.69, 9.17) is 14.6 Å². The molecule has 0 radical (unpaired) electrons. The summed E-state index contributed by atoms with van der Waals surface area (Å²) < 4.78 is 11.2. The van der Waals surface area contributed by atoms with Gasteiger partial charge in [0.25, 0.3) is 0 Å². The monoisotopic (exact) mass is 263 g/mol. The van der Waals surface area contributed by atoms with Gasteiger partial charge in [0.1, 0.15) is 11.5 Å². The van der Waals surface area contributed by atoms with E-state index in [0.717, 1.165) is 23.5 Å². The molecule has 0 bridgehead atoms. The molecule has 0 aliphatic carbocycles. The van der Waals surface area contributed by atoms with Crippen LogP contribution in [0.15, 0.2) is 18.2 Å². The zero-order valence-electron chi connectivity index (χ0n) is 10.8. The first-order valence-electron chi connectivity index (χ1n) is 6.48. The predicted molar refractivity (Wildman–Crippen MR) is 68.9 cm³/mol. The van der Waals surface area contributed by atoms with Crippen LogP contribution < -0.4 is 9.47 Å². The topological polar surface area (TPSA) is 59.0 Å². The van der Waals surface area contributed by atoms with Crippen LogP contribution in [0.25, 0.3) is 0 Å². The van der Waals surface area contributed by atoms with Crippen molar-refractivity contribution in [1.82, 2.24) is 4.90 Å². The molecule has 5 heteroatoms. The number of ether oxygens (including phenoxy) is 2. The standard InChI is InChI=1S/C14H17NO4/c1-18-11-3-2-4-12-13(11)10-8-15(14(16)17)7-9(10)5-6-19-12/h2-4,9-10H,5-8H2,1H3,(H,16,17). The molecule has 5 nitrogen and oxygen atoms in total. The maximum atomic E-state index is 11.2. The lowest BCUT2D eigenvalue weighted by atomic mass is 9.87. The first kappa shape index (κ1) is 12.1. The van der Waals surface area contributed by atoms with E-state index in [1.807, 2.05) is 18.2 Å². The summed E-state index contributed by atoms with van der Waals surface area (Å²) in [4.78, 5) is 12.7. The second-order valence-electron chi connectivity index (χ2n) is 5.06. The Morgan fingerprint density at radius 1 is 1.47 bits per heavy atom. The summed E-state index contributed by atoms with van der Waals surface area (Å²) in [7, 11) is 1.64. The number of carboxylic acid groups (broad SMARTS) is 1. The van der Waals surface area contributed by atoms with E-state index in [1.165, 1.54) is 4.90 Å². The molecule has 102 valence electrons. The third kappa shape index (κ3) is 1.99. The molecule has 2 atom stereocenters. The highest BCUT2D eigenvalue weighted by atomic mass is 16.5. The van der Waals surface area contributed by atoms with Gasteiger partial charge in [0.05, 0.1) is 13.7 Å².